The second-order valence-corrected chi connectivity index (χ2v) is 4.88. The van der Waals surface area contributed by atoms with E-state index in [0.29, 0.717) is 11.1 Å². The Kier molecular flexibility index (Phi) is 5.05. The van der Waals surface area contributed by atoms with Gasteiger partial charge in [-0.1, -0.05) is 36.1 Å². The molecule has 1 amide bonds. The molecule has 0 heterocycles. The highest BCUT2D eigenvalue weighted by Gasteiger charge is 2.38. The van der Waals surface area contributed by atoms with Crippen LogP contribution >= 0.6 is 0 Å². The molecular weight excluding hydrogens is 319 g/mol. The topological polar surface area (TPSA) is 46.2 Å². The molecule has 122 valence electrons. The first-order valence-corrected chi connectivity index (χ1v) is 6.87. The summed E-state index contributed by atoms with van der Waals surface area (Å²) >= 11 is 0. The van der Waals surface area contributed by atoms with Crippen molar-refractivity contribution < 1.29 is 22.8 Å². The zero-order valence-electron chi connectivity index (χ0n) is 12.6. The third-order valence-corrected chi connectivity index (χ3v) is 3.07. The Morgan fingerprint density at radius 3 is 2.17 bits per heavy atom. The van der Waals surface area contributed by atoms with Crippen molar-refractivity contribution in [3.8, 4) is 11.8 Å². The second kappa shape index (κ2) is 7.01. The number of nitrogens with one attached hydrogen (secondary N) is 1. The molecule has 0 fully saturated rings. The second-order valence-electron chi connectivity index (χ2n) is 4.88. The number of ketones is 1. The SMILES string of the molecule is CC(=O)c1ccc(C#Cc2ccccc2NC(=O)C(F)(F)F)cc1. The van der Waals surface area contributed by atoms with Gasteiger partial charge in [-0.3, -0.25) is 9.59 Å². The normalized spacial score (nSPS) is 10.5. The Hall–Kier alpha value is -3.07. The molecule has 1 N–H and O–H groups in total. The Morgan fingerprint density at radius 2 is 1.58 bits per heavy atom. The molecule has 2 aromatic carbocycles. The van der Waals surface area contributed by atoms with E-state index in [1.165, 1.54) is 25.1 Å². The van der Waals surface area contributed by atoms with Gasteiger partial charge in [-0.2, -0.15) is 13.2 Å². The third-order valence-electron chi connectivity index (χ3n) is 3.07. The van der Waals surface area contributed by atoms with Crippen LogP contribution in [0.15, 0.2) is 48.5 Å². The van der Waals surface area contributed by atoms with Crippen LogP contribution < -0.4 is 5.32 Å². The van der Waals surface area contributed by atoms with Crippen molar-refractivity contribution >= 4 is 17.4 Å². The summed E-state index contributed by atoms with van der Waals surface area (Å²) in [5, 5.41) is 1.80. The molecule has 2 rings (SSSR count). The van der Waals surface area contributed by atoms with E-state index in [2.05, 4.69) is 11.8 Å². The molecule has 0 radical (unpaired) electrons. The predicted octanol–water partition coefficient (Wildman–Crippen LogP) is 3.79. The average molecular weight is 331 g/mol. The summed E-state index contributed by atoms with van der Waals surface area (Å²) in [7, 11) is 0. The average Bonchev–Trinajstić information content (AvgIpc) is 2.53. The lowest BCUT2D eigenvalue weighted by atomic mass is 10.1. The highest BCUT2D eigenvalue weighted by Crippen LogP contribution is 2.20. The molecule has 0 spiro atoms. The Bertz CT molecular complexity index is 828. The molecule has 0 saturated carbocycles. The maximum atomic E-state index is 12.3. The van der Waals surface area contributed by atoms with Gasteiger partial charge in [0.1, 0.15) is 0 Å². The zero-order valence-corrected chi connectivity index (χ0v) is 12.6. The monoisotopic (exact) mass is 331 g/mol. The van der Waals surface area contributed by atoms with Crippen LogP contribution in [0.2, 0.25) is 0 Å². The number of amides is 1. The largest absolute Gasteiger partial charge is 0.471 e. The number of anilines is 1. The Morgan fingerprint density at radius 1 is 0.958 bits per heavy atom. The lowest BCUT2D eigenvalue weighted by molar-refractivity contribution is -0.167. The molecule has 0 bridgehead atoms. The zero-order chi connectivity index (χ0) is 17.7. The number of hydrogen-bond donors (Lipinski definition) is 1. The van der Waals surface area contributed by atoms with Gasteiger partial charge in [0.25, 0.3) is 0 Å². The molecule has 3 nitrogen and oxygen atoms in total. The molecule has 6 heteroatoms. The van der Waals surface area contributed by atoms with E-state index >= 15 is 0 Å². The van der Waals surface area contributed by atoms with E-state index in [0.717, 1.165) is 0 Å². The first-order valence-electron chi connectivity index (χ1n) is 6.87. The highest BCUT2D eigenvalue weighted by atomic mass is 19.4. The van der Waals surface area contributed by atoms with Crippen LogP contribution in [0.1, 0.15) is 28.4 Å². The van der Waals surface area contributed by atoms with Gasteiger partial charge in [-0.05, 0) is 31.2 Å². The maximum absolute atomic E-state index is 12.3. The number of para-hydroxylation sites is 1. The number of Topliss-reactive ketones (excluding diaryl/α,β-unsaturated/α-hetero) is 1. The molecular formula is C18H12F3NO2. The van der Waals surface area contributed by atoms with Crippen molar-refractivity contribution in [3.63, 3.8) is 0 Å². The van der Waals surface area contributed by atoms with E-state index < -0.39 is 12.1 Å². The van der Waals surface area contributed by atoms with Gasteiger partial charge < -0.3 is 5.32 Å². The molecule has 24 heavy (non-hydrogen) atoms. The van der Waals surface area contributed by atoms with E-state index in [-0.39, 0.29) is 17.0 Å². The van der Waals surface area contributed by atoms with Crippen molar-refractivity contribution in [1.82, 2.24) is 0 Å². The van der Waals surface area contributed by atoms with Crippen molar-refractivity contribution in [2.75, 3.05) is 5.32 Å². The van der Waals surface area contributed by atoms with Crippen molar-refractivity contribution in [2.45, 2.75) is 13.1 Å². The van der Waals surface area contributed by atoms with E-state index in [9.17, 15) is 22.8 Å². The summed E-state index contributed by atoms with van der Waals surface area (Å²) in [6.07, 6.45) is -4.97. The predicted molar refractivity (Wildman–Crippen MR) is 83.6 cm³/mol. The van der Waals surface area contributed by atoms with Crippen LogP contribution in [-0.4, -0.2) is 17.9 Å². The fraction of sp³-hybridized carbons (Fsp3) is 0.111. The standard InChI is InChI=1S/C18H12F3NO2/c1-12(23)14-9-6-13(7-10-14)8-11-15-4-2-3-5-16(15)22-17(24)18(19,20)21/h2-7,9-10H,1H3,(H,22,24). The maximum Gasteiger partial charge on any atom is 0.471 e. The van der Waals surface area contributed by atoms with Crippen LogP contribution in [0, 0.1) is 11.8 Å². The Labute approximate surface area is 136 Å². The van der Waals surface area contributed by atoms with Crippen LogP contribution in [-0.2, 0) is 4.79 Å². The first kappa shape index (κ1) is 17.3. The van der Waals surface area contributed by atoms with E-state index in [1.54, 1.807) is 35.6 Å². The number of halogens is 3. The number of alkyl halides is 3. The third kappa shape index (κ3) is 4.46. The van der Waals surface area contributed by atoms with Gasteiger partial charge in [0.15, 0.2) is 5.78 Å². The van der Waals surface area contributed by atoms with Gasteiger partial charge in [0, 0.05) is 16.7 Å². The quantitative estimate of drug-likeness (QED) is 0.672. The molecule has 0 unspecified atom stereocenters. The van der Waals surface area contributed by atoms with Gasteiger partial charge in [0.05, 0.1) is 5.69 Å². The van der Waals surface area contributed by atoms with E-state index in [1.807, 2.05) is 0 Å². The number of rotatable bonds is 2. The molecule has 0 saturated heterocycles. The molecule has 0 aliphatic rings. The fourth-order valence-corrected chi connectivity index (χ4v) is 1.82. The molecule has 0 aromatic heterocycles. The van der Waals surface area contributed by atoms with Gasteiger partial charge in [-0.15, -0.1) is 0 Å². The minimum atomic E-state index is -4.97. The molecule has 2 aromatic rings. The minimum absolute atomic E-state index is 0.0207. The lowest BCUT2D eigenvalue weighted by Gasteiger charge is -2.09. The minimum Gasteiger partial charge on any atom is -0.317 e. The smallest absolute Gasteiger partial charge is 0.317 e. The van der Waals surface area contributed by atoms with E-state index in [4.69, 9.17) is 0 Å². The summed E-state index contributed by atoms with van der Waals surface area (Å²) in [5.74, 6) is 3.38. The Balaban J connectivity index is 2.25. The fourth-order valence-electron chi connectivity index (χ4n) is 1.82. The van der Waals surface area contributed by atoms with Crippen molar-refractivity contribution in [3.05, 3.63) is 65.2 Å². The van der Waals surface area contributed by atoms with Crippen LogP contribution in [0.4, 0.5) is 18.9 Å². The van der Waals surface area contributed by atoms with Gasteiger partial charge in [0.2, 0.25) is 0 Å². The number of carbonyl (C=O) groups is 2. The van der Waals surface area contributed by atoms with Crippen LogP contribution in [0.3, 0.4) is 0 Å². The van der Waals surface area contributed by atoms with Crippen LogP contribution in [0.25, 0.3) is 0 Å². The lowest BCUT2D eigenvalue weighted by Crippen LogP contribution is -2.30. The number of hydrogen-bond acceptors (Lipinski definition) is 2. The molecule has 0 aliphatic carbocycles. The summed E-state index contributed by atoms with van der Waals surface area (Å²) in [4.78, 5) is 22.2. The first-order chi connectivity index (χ1) is 11.3. The number of benzene rings is 2. The van der Waals surface area contributed by atoms with Crippen LogP contribution in [0.5, 0.6) is 0 Å². The molecule has 0 atom stereocenters. The summed E-state index contributed by atoms with van der Waals surface area (Å²) in [5.41, 5.74) is 1.37. The van der Waals surface area contributed by atoms with Crippen molar-refractivity contribution in [2.24, 2.45) is 0 Å². The van der Waals surface area contributed by atoms with Gasteiger partial charge >= 0.3 is 12.1 Å². The molecule has 0 aliphatic heterocycles. The summed E-state index contributed by atoms with van der Waals surface area (Å²) < 4.78 is 37.0. The van der Waals surface area contributed by atoms with Crippen molar-refractivity contribution in [1.29, 1.82) is 0 Å². The van der Waals surface area contributed by atoms with Gasteiger partial charge in [-0.25, -0.2) is 0 Å². The summed E-state index contributed by atoms with van der Waals surface area (Å²) in [6, 6.07) is 12.5. The number of carbonyl (C=O) groups excluding carboxylic acids is 2. The highest BCUT2D eigenvalue weighted by molar-refractivity contribution is 5.96. The summed E-state index contributed by atoms with van der Waals surface area (Å²) in [6.45, 7) is 1.44.